The maximum Gasteiger partial charge on any atom is 0.343 e. The number of unbranched alkanes of at least 4 members (excludes halogenated alkanes) is 9. The van der Waals surface area contributed by atoms with Gasteiger partial charge in [0, 0.05) is 0 Å². The van der Waals surface area contributed by atoms with Gasteiger partial charge in [0.2, 0.25) is 0 Å². The molecule has 0 spiro atoms. The molecule has 0 saturated carbocycles. The standard InChI is InChI=1S/C37H47FO5/c1-4-6-7-8-9-10-11-12-13-14-25-41-33-22-19-30(20-23-33)29-15-17-31(18-16-29)37(40)43-35-24-21-32(26-34(35)38)36(39)42-27-28(3)5-2/h15-24,26,28H,4-14,25,27H2,1-3H3/t28-/m0/s1. The van der Waals surface area contributed by atoms with Crippen LogP contribution in [0.15, 0.2) is 66.7 Å². The van der Waals surface area contributed by atoms with Crippen molar-refractivity contribution in [1.29, 1.82) is 0 Å². The highest BCUT2D eigenvalue weighted by Crippen LogP contribution is 2.25. The Bertz CT molecular complexity index is 1250. The highest BCUT2D eigenvalue weighted by atomic mass is 19.1. The normalized spacial score (nSPS) is 11.6. The molecule has 0 aliphatic rings. The Morgan fingerprint density at radius 2 is 1.26 bits per heavy atom. The average Bonchev–Trinajstić information content (AvgIpc) is 3.03. The van der Waals surface area contributed by atoms with Crippen molar-refractivity contribution in [3.63, 3.8) is 0 Å². The van der Waals surface area contributed by atoms with Gasteiger partial charge in [-0.25, -0.2) is 14.0 Å². The molecule has 0 radical (unpaired) electrons. The molecular formula is C37H47FO5. The minimum Gasteiger partial charge on any atom is -0.494 e. The van der Waals surface area contributed by atoms with Gasteiger partial charge in [-0.1, -0.05) is 109 Å². The molecule has 0 heterocycles. The Morgan fingerprint density at radius 1 is 0.698 bits per heavy atom. The first-order valence-electron chi connectivity index (χ1n) is 15.9. The summed E-state index contributed by atoms with van der Waals surface area (Å²) >= 11 is 0. The second-order valence-corrected chi connectivity index (χ2v) is 11.3. The predicted molar refractivity (Wildman–Crippen MR) is 170 cm³/mol. The number of benzene rings is 3. The van der Waals surface area contributed by atoms with Gasteiger partial charge >= 0.3 is 11.9 Å². The number of esters is 2. The molecule has 0 unspecified atom stereocenters. The Hall–Kier alpha value is -3.67. The topological polar surface area (TPSA) is 61.8 Å². The summed E-state index contributed by atoms with van der Waals surface area (Å²) in [5.41, 5.74) is 2.29. The molecule has 1 atom stereocenters. The van der Waals surface area contributed by atoms with E-state index in [1.54, 1.807) is 12.1 Å². The lowest BCUT2D eigenvalue weighted by molar-refractivity contribution is 0.0446. The molecule has 3 aromatic carbocycles. The van der Waals surface area contributed by atoms with Gasteiger partial charge in [-0.05, 0) is 65.9 Å². The van der Waals surface area contributed by atoms with Crippen molar-refractivity contribution in [2.45, 2.75) is 91.4 Å². The van der Waals surface area contributed by atoms with E-state index >= 15 is 0 Å². The second-order valence-electron chi connectivity index (χ2n) is 11.3. The van der Waals surface area contributed by atoms with E-state index in [1.165, 1.54) is 69.9 Å². The highest BCUT2D eigenvalue weighted by Gasteiger charge is 2.16. The molecular weight excluding hydrogens is 543 g/mol. The van der Waals surface area contributed by atoms with Crippen LogP contribution in [0.5, 0.6) is 11.5 Å². The fraction of sp³-hybridized carbons (Fsp3) is 0.459. The van der Waals surface area contributed by atoms with Gasteiger partial charge in [-0.15, -0.1) is 0 Å². The maximum atomic E-state index is 14.6. The number of carbonyl (C=O) groups is 2. The quantitative estimate of drug-likeness (QED) is 0.0790. The Kier molecular flexibility index (Phi) is 14.8. The molecule has 0 fully saturated rings. The summed E-state index contributed by atoms with van der Waals surface area (Å²) in [4.78, 5) is 24.8. The van der Waals surface area contributed by atoms with Crippen molar-refractivity contribution in [3.05, 3.63) is 83.7 Å². The predicted octanol–water partition coefficient (Wildman–Crippen LogP) is 10.2. The van der Waals surface area contributed by atoms with Crippen molar-refractivity contribution in [2.75, 3.05) is 13.2 Å². The van der Waals surface area contributed by atoms with E-state index < -0.39 is 17.8 Å². The van der Waals surface area contributed by atoms with Crippen LogP contribution in [0.3, 0.4) is 0 Å². The largest absolute Gasteiger partial charge is 0.494 e. The van der Waals surface area contributed by atoms with E-state index in [2.05, 4.69) is 6.92 Å². The third kappa shape index (κ3) is 11.9. The molecule has 5 nitrogen and oxygen atoms in total. The summed E-state index contributed by atoms with van der Waals surface area (Å²) in [6.07, 6.45) is 13.9. The summed E-state index contributed by atoms with van der Waals surface area (Å²) in [5, 5.41) is 0. The van der Waals surface area contributed by atoms with E-state index in [-0.39, 0.29) is 29.4 Å². The number of hydrogen-bond acceptors (Lipinski definition) is 5. The van der Waals surface area contributed by atoms with Crippen LogP contribution in [0, 0.1) is 11.7 Å². The van der Waals surface area contributed by atoms with Crippen molar-refractivity contribution >= 4 is 11.9 Å². The molecule has 0 saturated heterocycles. The Morgan fingerprint density at radius 3 is 1.84 bits per heavy atom. The second kappa shape index (κ2) is 18.8. The maximum absolute atomic E-state index is 14.6. The van der Waals surface area contributed by atoms with Crippen molar-refractivity contribution in [3.8, 4) is 22.6 Å². The van der Waals surface area contributed by atoms with Crippen LogP contribution in [-0.4, -0.2) is 25.2 Å². The molecule has 0 N–H and O–H groups in total. The van der Waals surface area contributed by atoms with E-state index in [4.69, 9.17) is 14.2 Å². The van der Waals surface area contributed by atoms with Crippen molar-refractivity contribution in [2.24, 2.45) is 5.92 Å². The fourth-order valence-corrected chi connectivity index (χ4v) is 4.61. The minimum absolute atomic E-state index is 0.0696. The van der Waals surface area contributed by atoms with Crippen LogP contribution in [-0.2, 0) is 4.74 Å². The lowest BCUT2D eigenvalue weighted by Crippen LogP contribution is -2.13. The van der Waals surface area contributed by atoms with Gasteiger partial charge < -0.3 is 14.2 Å². The summed E-state index contributed by atoms with van der Waals surface area (Å²) in [6, 6.07) is 18.5. The molecule has 0 aliphatic carbocycles. The van der Waals surface area contributed by atoms with Crippen LogP contribution in [0.1, 0.15) is 112 Å². The number of rotatable bonds is 19. The average molecular weight is 591 g/mol. The zero-order chi connectivity index (χ0) is 30.9. The molecule has 232 valence electrons. The van der Waals surface area contributed by atoms with Crippen molar-refractivity contribution in [1.82, 2.24) is 0 Å². The van der Waals surface area contributed by atoms with Crippen LogP contribution in [0.25, 0.3) is 11.1 Å². The van der Waals surface area contributed by atoms with Gasteiger partial charge in [0.05, 0.1) is 24.3 Å². The summed E-state index contributed by atoms with van der Waals surface area (Å²) in [5.74, 6) is -1.29. The van der Waals surface area contributed by atoms with E-state index in [9.17, 15) is 14.0 Å². The van der Waals surface area contributed by atoms with Gasteiger partial charge in [0.15, 0.2) is 11.6 Å². The molecule has 0 bridgehead atoms. The van der Waals surface area contributed by atoms with E-state index in [0.29, 0.717) is 0 Å². The molecule has 6 heteroatoms. The van der Waals surface area contributed by atoms with Crippen LogP contribution >= 0.6 is 0 Å². The first-order chi connectivity index (χ1) is 20.9. The summed E-state index contributed by atoms with van der Waals surface area (Å²) in [6.45, 7) is 7.21. The summed E-state index contributed by atoms with van der Waals surface area (Å²) in [7, 11) is 0. The molecule has 43 heavy (non-hydrogen) atoms. The minimum atomic E-state index is -0.807. The fourth-order valence-electron chi connectivity index (χ4n) is 4.61. The SMILES string of the molecule is CCCCCCCCCCCCOc1ccc(-c2ccc(C(=O)Oc3ccc(C(=O)OC[C@@H](C)CC)cc3F)cc2)cc1. The third-order valence-corrected chi connectivity index (χ3v) is 7.64. The van der Waals surface area contributed by atoms with E-state index in [1.807, 2.05) is 50.2 Å². The lowest BCUT2D eigenvalue weighted by Gasteiger charge is -2.11. The molecule has 0 amide bonds. The number of hydrogen-bond donors (Lipinski definition) is 0. The van der Waals surface area contributed by atoms with Crippen molar-refractivity contribution < 1.29 is 28.2 Å². The smallest absolute Gasteiger partial charge is 0.343 e. The number of carbonyl (C=O) groups excluding carboxylic acids is 2. The Labute approximate surface area is 256 Å². The zero-order valence-electron chi connectivity index (χ0n) is 26.0. The summed E-state index contributed by atoms with van der Waals surface area (Å²) < 4.78 is 31.0. The van der Waals surface area contributed by atoms with E-state index in [0.717, 1.165) is 42.4 Å². The molecule has 0 aromatic heterocycles. The highest BCUT2D eigenvalue weighted by molar-refractivity contribution is 5.92. The van der Waals surface area contributed by atoms with Crippen LogP contribution < -0.4 is 9.47 Å². The first-order valence-corrected chi connectivity index (χ1v) is 15.9. The van der Waals surface area contributed by atoms with Gasteiger partial charge in [-0.2, -0.15) is 0 Å². The molecule has 3 aromatic rings. The monoisotopic (exact) mass is 590 g/mol. The Balaban J connectivity index is 1.41. The van der Waals surface area contributed by atoms with Gasteiger partial charge in [0.25, 0.3) is 0 Å². The third-order valence-electron chi connectivity index (χ3n) is 7.64. The number of ether oxygens (including phenoxy) is 3. The van der Waals surface area contributed by atoms with Gasteiger partial charge in [0.1, 0.15) is 5.75 Å². The lowest BCUT2D eigenvalue weighted by atomic mass is 10.0. The van der Waals surface area contributed by atoms with Gasteiger partial charge in [-0.3, -0.25) is 0 Å². The zero-order valence-corrected chi connectivity index (χ0v) is 26.0. The first kappa shape index (κ1) is 33.8. The number of halogens is 1. The van der Waals surface area contributed by atoms with Crippen LogP contribution in [0.4, 0.5) is 4.39 Å². The van der Waals surface area contributed by atoms with Crippen LogP contribution in [0.2, 0.25) is 0 Å². The molecule has 0 aliphatic heterocycles. The molecule has 3 rings (SSSR count).